The van der Waals surface area contributed by atoms with Crippen molar-refractivity contribution >= 4 is 11.6 Å². The molecule has 1 aromatic heterocycles. The quantitative estimate of drug-likeness (QED) is 0.734. The van der Waals surface area contributed by atoms with E-state index in [0.29, 0.717) is 22.2 Å². The third-order valence-corrected chi connectivity index (χ3v) is 3.36. The molecule has 2 aromatic rings. The number of aryl methyl sites for hydroxylation is 1. The van der Waals surface area contributed by atoms with E-state index >= 15 is 0 Å². The van der Waals surface area contributed by atoms with Crippen LogP contribution in [-0.4, -0.2) is 15.0 Å². The molecular formula is C15H17ClN4O. The number of hydrogen-bond donors (Lipinski definition) is 0. The number of rotatable bonds is 7. The lowest BCUT2D eigenvalue weighted by molar-refractivity contribution is 0.290. The molecule has 2 rings (SSSR count). The molecule has 1 heterocycles. The molecule has 21 heavy (non-hydrogen) atoms. The molecule has 1 aromatic carbocycles. The number of hydrogen-bond acceptors (Lipinski definition) is 4. The lowest BCUT2D eigenvalue weighted by Crippen LogP contribution is -2.09. The van der Waals surface area contributed by atoms with Crippen molar-refractivity contribution < 1.29 is 4.74 Å². The highest BCUT2D eigenvalue weighted by Gasteiger charge is 2.13. The minimum absolute atomic E-state index is 0.268. The summed E-state index contributed by atoms with van der Waals surface area (Å²) in [6.07, 6.45) is 3.27. The molecule has 110 valence electrons. The van der Waals surface area contributed by atoms with Gasteiger partial charge in [0, 0.05) is 11.6 Å². The van der Waals surface area contributed by atoms with Gasteiger partial charge in [-0.1, -0.05) is 36.6 Å². The van der Waals surface area contributed by atoms with E-state index in [2.05, 4.69) is 23.3 Å². The summed E-state index contributed by atoms with van der Waals surface area (Å²) in [5.41, 5.74) is 1.03. The molecule has 0 aliphatic rings. The van der Waals surface area contributed by atoms with Crippen molar-refractivity contribution in [3.63, 3.8) is 0 Å². The number of benzene rings is 1. The topological polar surface area (TPSA) is 63.7 Å². The van der Waals surface area contributed by atoms with Gasteiger partial charge in [0.15, 0.2) is 5.69 Å². The number of halogens is 1. The van der Waals surface area contributed by atoms with Crippen molar-refractivity contribution in [1.82, 2.24) is 15.0 Å². The smallest absolute Gasteiger partial charge is 0.189 e. The highest BCUT2D eigenvalue weighted by atomic mass is 35.5. The zero-order chi connectivity index (χ0) is 15.1. The van der Waals surface area contributed by atoms with Crippen LogP contribution < -0.4 is 4.74 Å². The van der Waals surface area contributed by atoms with Gasteiger partial charge in [-0.2, -0.15) is 5.26 Å². The van der Waals surface area contributed by atoms with Crippen LogP contribution in [0.4, 0.5) is 0 Å². The summed E-state index contributed by atoms with van der Waals surface area (Å²) < 4.78 is 7.44. The van der Waals surface area contributed by atoms with Crippen LogP contribution in [-0.2, 0) is 13.2 Å². The maximum absolute atomic E-state index is 9.10. The van der Waals surface area contributed by atoms with Crippen LogP contribution in [0.2, 0.25) is 5.02 Å². The van der Waals surface area contributed by atoms with E-state index in [1.165, 1.54) is 0 Å². The first-order chi connectivity index (χ1) is 10.2. The first-order valence-corrected chi connectivity index (χ1v) is 7.33. The summed E-state index contributed by atoms with van der Waals surface area (Å²) in [5.74, 6) is 0.699. The third kappa shape index (κ3) is 4.20. The maximum atomic E-state index is 9.10. The average Bonchev–Trinajstić information content (AvgIpc) is 2.89. The first-order valence-electron chi connectivity index (χ1n) is 6.95. The zero-order valence-electron chi connectivity index (χ0n) is 11.9. The van der Waals surface area contributed by atoms with Gasteiger partial charge in [-0.05, 0) is 30.7 Å². The van der Waals surface area contributed by atoms with E-state index in [1.807, 2.05) is 0 Å². The van der Waals surface area contributed by atoms with Crippen LogP contribution in [0, 0.1) is 11.3 Å². The summed E-state index contributed by atoms with van der Waals surface area (Å²) in [4.78, 5) is 0. The van der Waals surface area contributed by atoms with Gasteiger partial charge in [-0.3, -0.25) is 0 Å². The molecule has 0 atom stereocenters. The first kappa shape index (κ1) is 15.3. The molecule has 0 saturated carbocycles. The number of nitrogens with zero attached hydrogens (tertiary/aromatic N) is 4. The SMILES string of the molecule is CCCCCn1nnc(C#N)c1COc1ccc(Cl)cc1. The van der Waals surface area contributed by atoms with E-state index in [9.17, 15) is 0 Å². The fourth-order valence-corrected chi connectivity index (χ4v) is 2.06. The largest absolute Gasteiger partial charge is 0.487 e. The van der Waals surface area contributed by atoms with Gasteiger partial charge in [-0.15, -0.1) is 5.10 Å². The van der Waals surface area contributed by atoms with Gasteiger partial charge < -0.3 is 4.74 Å². The fourth-order valence-electron chi connectivity index (χ4n) is 1.94. The molecule has 5 nitrogen and oxygen atoms in total. The van der Waals surface area contributed by atoms with Crippen molar-refractivity contribution in [3.8, 4) is 11.8 Å². The molecule has 0 unspecified atom stereocenters. The molecule has 0 spiro atoms. The third-order valence-electron chi connectivity index (χ3n) is 3.11. The van der Waals surface area contributed by atoms with Crippen molar-refractivity contribution in [3.05, 3.63) is 40.7 Å². The van der Waals surface area contributed by atoms with E-state index < -0.39 is 0 Å². The highest BCUT2D eigenvalue weighted by molar-refractivity contribution is 6.30. The van der Waals surface area contributed by atoms with Crippen LogP contribution in [0.3, 0.4) is 0 Å². The van der Waals surface area contributed by atoms with Crippen molar-refractivity contribution in [1.29, 1.82) is 5.26 Å². The van der Waals surface area contributed by atoms with Gasteiger partial charge in [0.25, 0.3) is 0 Å². The summed E-state index contributed by atoms with van der Waals surface area (Å²) in [6.45, 7) is 3.16. The zero-order valence-corrected chi connectivity index (χ0v) is 12.7. The molecular weight excluding hydrogens is 288 g/mol. The minimum atomic E-state index is 0.268. The second-order valence-electron chi connectivity index (χ2n) is 4.67. The van der Waals surface area contributed by atoms with Crippen molar-refractivity contribution in [2.45, 2.75) is 39.3 Å². The van der Waals surface area contributed by atoms with Crippen LogP contribution in [0.25, 0.3) is 0 Å². The lowest BCUT2D eigenvalue weighted by atomic mass is 10.2. The molecule has 0 amide bonds. The van der Waals surface area contributed by atoms with Crippen LogP contribution in [0.15, 0.2) is 24.3 Å². The van der Waals surface area contributed by atoms with Crippen LogP contribution >= 0.6 is 11.6 Å². The number of ether oxygens (including phenoxy) is 1. The second kappa shape index (κ2) is 7.65. The number of aromatic nitrogens is 3. The second-order valence-corrected chi connectivity index (χ2v) is 5.11. The summed E-state index contributed by atoms with van der Waals surface area (Å²) in [6, 6.07) is 9.16. The van der Waals surface area contributed by atoms with Crippen LogP contribution in [0.1, 0.15) is 37.6 Å². The molecule has 0 saturated heterocycles. The van der Waals surface area contributed by atoms with Gasteiger partial charge in [-0.25, -0.2) is 4.68 Å². The molecule has 0 fully saturated rings. The Labute approximate surface area is 129 Å². The van der Waals surface area contributed by atoms with Gasteiger partial charge >= 0.3 is 0 Å². The number of unbranched alkanes of at least 4 members (excludes halogenated alkanes) is 2. The molecule has 0 aliphatic heterocycles. The Morgan fingerprint density at radius 1 is 1.29 bits per heavy atom. The number of nitriles is 1. The Balaban J connectivity index is 2.05. The predicted octanol–water partition coefficient (Wildman–Crippen LogP) is 3.57. The lowest BCUT2D eigenvalue weighted by Gasteiger charge is -2.08. The Hall–Kier alpha value is -2.06. The Morgan fingerprint density at radius 2 is 2.05 bits per heavy atom. The van der Waals surface area contributed by atoms with Crippen molar-refractivity contribution in [2.75, 3.05) is 0 Å². The fraction of sp³-hybridized carbons (Fsp3) is 0.400. The molecule has 0 bridgehead atoms. The summed E-state index contributed by atoms with van der Waals surface area (Å²) in [5, 5.41) is 17.7. The Bertz CT molecular complexity index is 616. The van der Waals surface area contributed by atoms with Gasteiger partial charge in [0.2, 0.25) is 0 Å². The Kier molecular flexibility index (Phi) is 5.59. The highest BCUT2D eigenvalue weighted by Crippen LogP contribution is 2.17. The normalized spacial score (nSPS) is 10.3. The average molecular weight is 305 g/mol. The minimum Gasteiger partial charge on any atom is -0.487 e. The van der Waals surface area contributed by atoms with Gasteiger partial charge in [0.1, 0.15) is 24.1 Å². The van der Waals surface area contributed by atoms with E-state index in [4.69, 9.17) is 21.6 Å². The molecule has 6 heteroatoms. The summed E-state index contributed by atoms with van der Waals surface area (Å²) in [7, 11) is 0. The standard InChI is InChI=1S/C15H17ClN4O/c1-2-3-4-9-20-15(14(10-17)18-19-20)11-21-13-7-5-12(16)6-8-13/h5-8H,2-4,9,11H2,1H3. The molecule has 0 radical (unpaired) electrons. The maximum Gasteiger partial charge on any atom is 0.189 e. The Morgan fingerprint density at radius 3 is 2.71 bits per heavy atom. The molecule has 0 aliphatic carbocycles. The van der Waals surface area contributed by atoms with Gasteiger partial charge in [0.05, 0.1) is 0 Å². The monoisotopic (exact) mass is 304 g/mol. The van der Waals surface area contributed by atoms with Crippen LogP contribution in [0.5, 0.6) is 5.75 Å². The summed E-state index contributed by atoms with van der Waals surface area (Å²) >= 11 is 5.83. The van der Waals surface area contributed by atoms with E-state index in [-0.39, 0.29) is 6.61 Å². The van der Waals surface area contributed by atoms with Crippen molar-refractivity contribution in [2.24, 2.45) is 0 Å². The van der Waals surface area contributed by atoms with E-state index in [1.54, 1.807) is 28.9 Å². The molecule has 0 N–H and O–H groups in total. The van der Waals surface area contributed by atoms with E-state index in [0.717, 1.165) is 25.8 Å². The predicted molar refractivity (Wildman–Crippen MR) is 80.0 cm³/mol.